The minimum Gasteiger partial charge on any atom is -0.240 e. The molecule has 0 saturated heterocycles. The van der Waals surface area contributed by atoms with Gasteiger partial charge in [-0.25, -0.2) is 4.98 Å². The minimum atomic E-state index is -0.570. The van der Waals surface area contributed by atoms with Gasteiger partial charge in [0.05, 0.1) is 21.8 Å². The zero-order chi connectivity index (χ0) is 13.3. The predicted octanol–water partition coefficient (Wildman–Crippen LogP) is 4.92. The van der Waals surface area contributed by atoms with Gasteiger partial charge in [-0.1, -0.05) is 29.3 Å². The lowest BCUT2D eigenvalue weighted by Crippen LogP contribution is -2.13. The molecule has 0 saturated carbocycles. The van der Waals surface area contributed by atoms with E-state index in [9.17, 15) is 0 Å². The Morgan fingerprint density at radius 1 is 1.28 bits per heavy atom. The van der Waals surface area contributed by atoms with E-state index in [-0.39, 0.29) is 0 Å². The van der Waals surface area contributed by atoms with Gasteiger partial charge in [-0.2, -0.15) is 5.26 Å². The van der Waals surface area contributed by atoms with Crippen molar-refractivity contribution >= 4 is 34.5 Å². The Morgan fingerprint density at radius 3 is 2.61 bits per heavy atom. The van der Waals surface area contributed by atoms with Gasteiger partial charge in [0.1, 0.15) is 10.4 Å². The average molecular weight is 297 g/mol. The lowest BCUT2D eigenvalue weighted by atomic mass is 9.97. The van der Waals surface area contributed by atoms with Crippen LogP contribution in [0, 0.1) is 11.3 Å². The quantitative estimate of drug-likeness (QED) is 0.789. The zero-order valence-corrected chi connectivity index (χ0v) is 12.2. The van der Waals surface area contributed by atoms with Crippen molar-refractivity contribution in [3.05, 3.63) is 38.6 Å². The maximum Gasteiger partial charge on any atom is 0.113 e. The summed E-state index contributed by atoms with van der Waals surface area (Å²) >= 11 is 13.3. The monoisotopic (exact) mass is 296 g/mol. The molecule has 0 fully saturated rings. The first kappa shape index (κ1) is 13.4. The molecule has 0 spiro atoms. The Kier molecular flexibility index (Phi) is 3.63. The van der Waals surface area contributed by atoms with E-state index in [2.05, 4.69) is 11.1 Å². The summed E-state index contributed by atoms with van der Waals surface area (Å²) in [5, 5.41) is 12.8. The summed E-state index contributed by atoms with van der Waals surface area (Å²) < 4.78 is 0. The van der Waals surface area contributed by atoms with E-state index in [1.54, 1.807) is 12.1 Å². The summed E-state index contributed by atoms with van der Waals surface area (Å²) in [5.74, 6) is 0. The third-order valence-electron chi connectivity index (χ3n) is 2.53. The molecule has 1 heterocycles. The standard InChI is InChI=1S/C13H10Cl2N2S/c1-13(2,7-16)12-17-11(6-18-12)8-3-4-9(14)10(15)5-8/h3-6H,1-2H3. The highest BCUT2D eigenvalue weighted by molar-refractivity contribution is 7.10. The number of nitrogens with zero attached hydrogens (tertiary/aromatic N) is 2. The smallest absolute Gasteiger partial charge is 0.113 e. The van der Waals surface area contributed by atoms with Crippen LogP contribution in [0.5, 0.6) is 0 Å². The van der Waals surface area contributed by atoms with Crippen LogP contribution < -0.4 is 0 Å². The number of rotatable bonds is 2. The van der Waals surface area contributed by atoms with Crippen molar-refractivity contribution in [2.45, 2.75) is 19.3 Å². The minimum absolute atomic E-state index is 0.503. The van der Waals surface area contributed by atoms with E-state index in [0.717, 1.165) is 16.3 Å². The van der Waals surface area contributed by atoms with E-state index < -0.39 is 5.41 Å². The van der Waals surface area contributed by atoms with Gasteiger partial charge in [0.15, 0.2) is 0 Å². The second-order valence-corrected chi connectivity index (χ2v) is 6.08. The third-order valence-corrected chi connectivity index (χ3v) is 4.44. The Morgan fingerprint density at radius 2 is 2.00 bits per heavy atom. The lowest BCUT2D eigenvalue weighted by Gasteiger charge is -2.10. The molecule has 0 amide bonds. The molecule has 0 radical (unpaired) electrons. The van der Waals surface area contributed by atoms with Gasteiger partial charge in [0.2, 0.25) is 0 Å². The Hall–Kier alpha value is -1.08. The van der Waals surface area contributed by atoms with Gasteiger partial charge in [-0.05, 0) is 26.0 Å². The average Bonchev–Trinajstić information content (AvgIpc) is 2.83. The molecule has 5 heteroatoms. The molecule has 1 aromatic carbocycles. The molecule has 0 aliphatic carbocycles. The van der Waals surface area contributed by atoms with Crippen LogP contribution >= 0.6 is 34.5 Å². The first-order chi connectivity index (χ1) is 8.44. The van der Waals surface area contributed by atoms with E-state index in [1.807, 2.05) is 25.3 Å². The Bertz CT molecular complexity index is 626. The summed E-state index contributed by atoms with van der Waals surface area (Å²) in [6.45, 7) is 3.70. The molecule has 0 N–H and O–H groups in total. The number of thiazole rings is 1. The first-order valence-corrected chi connectivity index (χ1v) is 6.90. The fourth-order valence-electron chi connectivity index (χ4n) is 1.40. The summed E-state index contributed by atoms with van der Waals surface area (Å²) in [7, 11) is 0. The van der Waals surface area contributed by atoms with Crippen molar-refractivity contribution in [2.24, 2.45) is 0 Å². The molecule has 2 nitrogen and oxygen atoms in total. The van der Waals surface area contributed by atoms with Gasteiger partial charge in [-0.3, -0.25) is 0 Å². The summed E-state index contributed by atoms with van der Waals surface area (Å²) in [5.41, 5.74) is 1.15. The second-order valence-electron chi connectivity index (χ2n) is 4.40. The highest BCUT2D eigenvalue weighted by Gasteiger charge is 2.24. The van der Waals surface area contributed by atoms with E-state index in [0.29, 0.717) is 10.0 Å². The molecule has 2 aromatic rings. The molecular weight excluding hydrogens is 287 g/mol. The number of halogens is 2. The van der Waals surface area contributed by atoms with E-state index in [4.69, 9.17) is 28.5 Å². The molecule has 0 bridgehead atoms. The van der Waals surface area contributed by atoms with Crippen LogP contribution in [0.25, 0.3) is 11.3 Å². The lowest BCUT2D eigenvalue weighted by molar-refractivity contribution is 0.680. The molecule has 0 atom stereocenters. The third kappa shape index (κ3) is 2.51. The van der Waals surface area contributed by atoms with Crippen molar-refractivity contribution < 1.29 is 0 Å². The van der Waals surface area contributed by atoms with Crippen LogP contribution in [0.3, 0.4) is 0 Å². The van der Waals surface area contributed by atoms with Crippen molar-refractivity contribution in [3.63, 3.8) is 0 Å². The van der Waals surface area contributed by atoms with Crippen molar-refractivity contribution in [3.8, 4) is 17.3 Å². The van der Waals surface area contributed by atoms with Crippen LogP contribution in [-0.4, -0.2) is 4.98 Å². The summed E-state index contributed by atoms with van der Waals surface area (Å²) in [6.07, 6.45) is 0. The second kappa shape index (κ2) is 4.89. The van der Waals surface area contributed by atoms with Crippen LogP contribution in [0.1, 0.15) is 18.9 Å². The van der Waals surface area contributed by atoms with Gasteiger partial charge in [0.25, 0.3) is 0 Å². The molecule has 18 heavy (non-hydrogen) atoms. The van der Waals surface area contributed by atoms with E-state index in [1.165, 1.54) is 11.3 Å². The molecule has 1 aromatic heterocycles. The van der Waals surface area contributed by atoms with Crippen molar-refractivity contribution in [1.29, 1.82) is 5.26 Å². The summed E-state index contributed by atoms with van der Waals surface area (Å²) in [4.78, 5) is 4.49. The van der Waals surface area contributed by atoms with Crippen LogP contribution in [0.4, 0.5) is 0 Å². The highest BCUT2D eigenvalue weighted by atomic mass is 35.5. The number of hydrogen-bond acceptors (Lipinski definition) is 3. The van der Waals surface area contributed by atoms with Crippen molar-refractivity contribution in [2.75, 3.05) is 0 Å². The number of nitriles is 1. The highest BCUT2D eigenvalue weighted by Crippen LogP contribution is 2.32. The normalized spacial score (nSPS) is 11.3. The molecule has 2 rings (SSSR count). The fourth-order valence-corrected chi connectivity index (χ4v) is 2.60. The largest absolute Gasteiger partial charge is 0.240 e. The van der Waals surface area contributed by atoms with Gasteiger partial charge in [0, 0.05) is 10.9 Å². The van der Waals surface area contributed by atoms with Gasteiger partial charge >= 0.3 is 0 Å². The first-order valence-electron chi connectivity index (χ1n) is 5.27. The van der Waals surface area contributed by atoms with Crippen LogP contribution in [-0.2, 0) is 5.41 Å². The number of hydrogen-bond donors (Lipinski definition) is 0. The molecule has 0 unspecified atom stereocenters. The van der Waals surface area contributed by atoms with Crippen LogP contribution in [0.2, 0.25) is 10.0 Å². The molecular formula is C13H10Cl2N2S. The Balaban J connectivity index is 2.42. The number of benzene rings is 1. The fraction of sp³-hybridized carbons (Fsp3) is 0.231. The molecule has 0 aliphatic rings. The maximum atomic E-state index is 9.09. The number of aromatic nitrogens is 1. The summed E-state index contributed by atoms with van der Waals surface area (Å²) in [6, 6.07) is 7.63. The van der Waals surface area contributed by atoms with Crippen LogP contribution in [0.15, 0.2) is 23.6 Å². The van der Waals surface area contributed by atoms with E-state index >= 15 is 0 Å². The Labute approximate surface area is 120 Å². The maximum absolute atomic E-state index is 9.09. The van der Waals surface area contributed by atoms with Gasteiger partial charge in [-0.15, -0.1) is 11.3 Å². The predicted molar refractivity (Wildman–Crippen MR) is 76.2 cm³/mol. The molecule has 92 valence electrons. The topological polar surface area (TPSA) is 36.7 Å². The van der Waals surface area contributed by atoms with Gasteiger partial charge < -0.3 is 0 Å². The SMILES string of the molecule is CC(C)(C#N)c1nc(-c2ccc(Cl)c(Cl)c2)cs1. The zero-order valence-electron chi connectivity index (χ0n) is 9.87. The van der Waals surface area contributed by atoms with Crippen molar-refractivity contribution in [1.82, 2.24) is 4.98 Å². The molecule has 0 aliphatic heterocycles.